The summed E-state index contributed by atoms with van der Waals surface area (Å²) in [7, 11) is 0. The Labute approximate surface area is 190 Å². The zero-order valence-corrected chi connectivity index (χ0v) is 18.0. The van der Waals surface area contributed by atoms with E-state index in [1.807, 2.05) is 12.1 Å². The Hall–Kier alpha value is -3.21. The van der Waals surface area contributed by atoms with Crippen LogP contribution in [0.1, 0.15) is 49.3 Å². The Morgan fingerprint density at radius 3 is 2.30 bits per heavy atom. The molecule has 2 nitrogen and oxygen atoms in total. The molecule has 2 aromatic heterocycles. The molecule has 0 atom stereocenters. The normalized spacial score (nSPS) is 20.2. The van der Waals surface area contributed by atoms with E-state index >= 15 is 0 Å². The monoisotopic (exact) mass is 444 g/mol. The molecular weight excluding hydrogens is 421 g/mol. The van der Waals surface area contributed by atoms with Gasteiger partial charge < -0.3 is 0 Å². The van der Waals surface area contributed by atoms with E-state index in [-0.39, 0.29) is 11.1 Å². The summed E-state index contributed by atoms with van der Waals surface area (Å²) in [5.41, 5.74) is 3.65. The van der Waals surface area contributed by atoms with E-state index in [0.717, 1.165) is 17.4 Å². The first-order valence-corrected chi connectivity index (χ1v) is 11.5. The van der Waals surface area contributed by atoms with E-state index in [9.17, 15) is 13.2 Å². The molecule has 2 fully saturated rings. The summed E-state index contributed by atoms with van der Waals surface area (Å²) in [5.74, 6) is 2.04. The molecule has 4 aromatic rings. The van der Waals surface area contributed by atoms with Crippen molar-refractivity contribution < 1.29 is 13.2 Å². The average molecular weight is 445 g/mol. The Bertz CT molecular complexity index is 1320. The van der Waals surface area contributed by atoms with Gasteiger partial charge in [-0.25, -0.2) is 18.2 Å². The van der Waals surface area contributed by atoms with Crippen LogP contribution >= 0.6 is 0 Å². The lowest BCUT2D eigenvalue weighted by Crippen LogP contribution is -2.23. The van der Waals surface area contributed by atoms with Gasteiger partial charge in [0.25, 0.3) is 6.43 Å². The summed E-state index contributed by atoms with van der Waals surface area (Å²) in [6, 6.07) is 17.9. The number of hydrogen-bond donors (Lipinski definition) is 0. The molecule has 0 unspecified atom stereocenters. The number of rotatable bonds is 5. The maximum absolute atomic E-state index is 14.8. The van der Waals surface area contributed by atoms with Crippen LogP contribution in [0.5, 0.6) is 0 Å². The molecule has 6 rings (SSSR count). The number of fused-ring (bicyclic) bond motifs is 1. The molecule has 2 aliphatic carbocycles. The van der Waals surface area contributed by atoms with Gasteiger partial charge in [0.2, 0.25) is 0 Å². The molecule has 5 heteroatoms. The smallest absolute Gasteiger partial charge is 0.254 e. The van der Waals surface area contributed by atoms with Gasteiger partial charge in [-0.15, -0.1) is 0 Å². The van der Waals surface area contributed by atoms with Crippen LogP contribution in [-0.4, -0.2) is 9.97 Å². The standard InChI is InChI=1S/C28H23F3N2/c29-24-4-2-1-3-21(24)22-15-23-25(11-12-32-27(23)28(30)31)33-26(22)18-9-7-17(8-10-18)20-13-19(14-20)16-5-6-16/h1-4,7-12,15-16,19-20,28H,5-6,13-14H2. The van der Waals surface area contributed by atoms with E-state index in [0.29, 0.717) is 28.3 Å². The summed E-state index contributed by atoms with van der Waals surface area (Å²) in [5, 5.41) is 0.242. The predicted molar refractivity (Wildman–Crippen MR) is 124 cm³/mol. The quantitative estimate of drug-likeness (QED) is 0.312. The number of alkyl halides is 2. The number of aromatic nitrogens is 2. The minimum Gasteiger partial charge on any atom is -0.254 e. The third kappa shape index (κ3) is 3.69. The molecule has 2 aromatic carbocycles. The molecule has 0 N–H and O–H groups in total. The number of halogens is 3. The van der Waals surface area contributed by atoms with Gasteiger partial charge >= 0.3 is 0 Å². The average Bonchev–Trinajstić information content (AvgIpc) is 3.63. The van der Waals surface area contributed by atoms with Gasteiger partial charge in [0, 0.05) is 28.3 Å². The van der Waals surface area contributed by atoms with Crippen LogP contribution in [0.3, 0.4) is 0 Å². The zero-order valence-electron chi connectivity index (χ0n) is 18.0. The molecule has 2 saturated carbocycles. The fourth-order valence-corrected chi connectivity index (χ4v) is 5.20. The first kappa shape index (κ1) is 20.4. The fourth-order valence-electron chi connectivity index (χ4n) is 5.20. The third-order valence-corrected chi connectivity index (χ3v) is 7.26. The Morgan fingerprint density at radius 2 is 1.61 bits per heavy atom. The first-order chi connectivity index (χ1) is 16.1. The topological polar surface area (TPSA) is 25.8 Å². The largest absolute Gasteiger partial charge is 0.281 e. The van der Waals surface area contributed by atoms with Crippen molar-refractivity contribution in [1.29, 1.82) is 0 Å². The molecule has 0 saturated heterocycles. The molecule has 0 amide bonds. The van der Waals surface area contributed by atoms with Crippen LogP contribution in [0.25, 0.3) is 33.3 Å². The molecule has 0 spiro atoms. The second-order valence-corrected chi connectivity index (χ2v) is 9.32. The van der Waals surface area contributed by atoms with Crippen molar-refractivity contribution in [3.8, 4) is 22.4 Å². The zero-order chi connectivity index (χ0) is 22.5. The maximum atomic E-state index is 14.8. The fraction of sp³-hybridized carbons (Fsp3) is 0.286. The molecule has 2 aliphatic rings. The van der Waals surface area contributed by atoms with Crippen molar-refractivity contribution in [2.75, 3.05) is 0 Å². The molecule has 0 bridgehead atoms. The lowest BCUT2D eigenvalue weighted by Gasteiger charge is -2.36. The summed E-state index contributed by atoms with van der Waals surface area (Å²) >= 11 is 0. The van der Waals surface area contributed by atoms with Crippen molar-refractivity contribution in [2.45, 2.75) is 38.0 Å². The Kier molecular flexibility index (Phi) is 4.93. The van der Waals surface area contributed by atoms with E-state index < -0.39 is 12.2 Å². The highest BCUT2D eigenvalue weighted by molar-refractivity contribution is 5.92. The van der Waals surface area contributed by atoms with E-state index in [1.165, 1.54) is 43.5 Å². The van der Waals surface area contributed by atoms with Gasteiger partial charge in [-0.1, -0.05) is 42.5 Å². The highest BCUT2D eigenvalue weighted by atomic mass is 19.3. The molecule has 166 valence electrons. The van der Waals surface area contributed by atoms with E-state index in [2.05, 4.69) is 17.1 Å². The van der Waals surface area contributed by atoms with Gasteiger partial charge in [-0.2, -0.15) is 0 Å². The van der Waals surface area contributed by atoms with Gasteiger partial charge in [0.15, 0.2) is 0 Å². The minimum atomic E-state index is -2.74. The van der Waals surface area contributed by atoms with E-state index in [1.54, 1.807) is 30.3 Å². The molecule has 2 heterocycles. The maximum Gasteiger partial charge on any atom is 0.281 e. The number of hydrogen-bond acceptors (Lipinski definition) is 2. The lowest BCUT2D eigenvalue weighted by atomic mass is 9.69. The van der Waals surface area contributed by atoms with Gasteiger partial charge in [0.1, 0.15) is 11.5 Å². The number of nitrogens with zero attached hydrogens (tertiary/aromatic N) is 2. The van der Waals surface area contributed by atoms with Crippen LogP contribution in [0.4, 0.5) is 13.2 Å². The Balaban J connectivity index is 1.44. The van der Waals surface area contributed by atoms with Crippen molar-refractivity contribution in [2.24, 2.45) is 11.8 Å². The van der Waals surface area contributed by atoms with Crippen LogP contribution in [0, 0.1) is 17.7 Å². The first-order valence-electron chi connectivity index (χ1n) is 11.5. The second-order valence-electron chi connectivity index (χ2n) is 9.32. The van der Waals surface area contributed by atoms with Gasteiger partial charge in [0.05, 0.1) is 11.2 Å². The molecule has 0 aliphatic heterocycles. The van der Waals surface area contributed by atoms with Crippen molar-refractivity contribution in [3.05, 3.63) is 83.9 Å². The van der Waals surface area contributed by atoms with Crippen LogP contribution in [-0.2, 0) is 0 Å². The molecule has 0 radical (unpaired) electrons. The lowest BCUT2D eigenvalue weighted by molar-refractivity contribution is 0.148. The molecular formula is C28H23F3N2. The summed E-state index contributed by atoms with van der Waals surface area (Å²) in [6.07, 6.45) is 3.93. The van der Waals surface area contributed by atoms with E-state index in [4.69, 9.17) is 4.98 Å². The van der Waals surface area contributed by atoms with Crippen LogP contribution < -0.4 is 0 Å². The van der Waals surface area contributed by atoms with Gasteiger partial charge in [-0.3, -0.25) is 4.98 Å². The highest BCUT2D eigenvalue weighted by Gasteiger charge is 2.40. The summed E-state index contributed by atoms with van der Waals surface area (Å²) in [6.45, 7) is 0. The predicted octanol–water partition coefficient (Wildman–Crippen LogP) is 7.94. The number of pyridine rings is 2. The third-order valence-electron chi connectivity index (χ3n) is 7.26. The second kappa shape index (κ2) is 7.98. The minimum absolute atomic E-state index is 0.242. The van der Waals surface area contributed by atoms with Crippen molar-refractivity contribution in [1.82, 2.24) is 9.97 Å². The van der Waals surface area contributed by atoms with Crippen LogP contribution in [0.15, 0.2) is 66.9 Å². The highest BCUT2D eigenvalue weighted by Crippen LogP contribution is 2.53. The summed E-state index contributed by atoms with van der Waals surface area (Å²) in [4.78, 5) is 8.57. The van der Waals surface area contributed by atoms with Crippen molar-refractivity contribution in [3.63, 3.8) is 0 Å². The summed E-state index contributed by atoms with van der Waals surface area (Å²) < 4.78 is 42.0. The van der Waals surface area contributed by atoms with Crippen LogP contribution in [0.2, 0.25) is 0 Å². The number of benzene rings is 2. The van der Waals surface area contributed by atoms with Crippen molar-refractivity contribution >= 4 is 10.9 Å². The molecule has 33 heavy (non-hydrogen) atoms. The van der Waals surface area contributed by atoms with Gasteiger partial charge in [-0.05, 0) is 67.2 Å². The SMILES string of the molecule is Fc1ccccc1-c1cc2c(C(F)F)nccc2nc1-c1ccc(C2CC(C3CC3)C2)cc1. The Morgan fingerprint density at radius 1 is 0.848 bits per heavy atom.